The largest absolute Gasteiger partial charge is 0.491 e. The fourth-order valence-electron chi connectivity index (χ4n) is 3.53. The highest BCUT2D eigenvalue weighted by molar-refractivity contribution is 5.66. The first-order valence-corrected chi connectivity index (χ1v) is 11.9. The van der Waals surface area contributed by atoms with E-state index in [0.29, 0.717) is 37.8 Å². The van der Waals surface area contributed by atoms with Crippen molar-refractivity contribution in [3.8, 4) is 0 Å². The molecule has 0 bridgehead atoms. The molecule has 1 aliphatic rings. The standard InChI is InChI=1S/C28H41N3O3/c1-8-11-26(31-15-14-24(18-23(31)10-3)33-17-16-32-7)25-13-12-22(9-2)27(30-25)21(4)34-20-28(5,6)19-29/h9-10,12-15,18,26H,2,4,8,11,16-17,19-20,29H2,1,3,5-7H3/b23-10-. The van der Waals surface area contributed by atoms with Gasteiger partial charge in [0.2, 0.25) is 0 Å². The zero-order chi connectivity index (χ0) is 25.1. The highest BCUT2D eigenvalue weighted by Crippen LogP contribution is 2.33. The molecule has 1 aromatic heterocycles. The maximum absolute atomic E-state index is 6.01. The molecule has 186 valence electrons. The van der Waals surface area contributed by atoms with Gasteiger partial charge in [-0.25, -0.2) is 4.98 Å². The summed E-state index contributed by atoms with van der Waals surface area (Å²) in [6.07, 6.45) is 11.9. The Hall–Kier alpha value is -2.83. The predicted molar refractivity (Wildman–Crippen MR) is 140 cm³/mol. The number of methoxy groups -OCH3 is 1. The average Bonchev–Trinajstić information content (AvgIpc) is 2.85. The molecular formula is C28H41N3O3. The average molecular weight is 468 g/mol. The lowest BCUT2D eigenvalue weighted by atomic mass is 9.95. The van der Waals surface area contributed by atoms with Crippen LogP contribution in [0.4, 0.5) is 0 Å². The lowest BCUT2D eigenvalue weighted by Gasteiger charge is -2.33. The number of hydrogen-bond donors (Lipinski definition) is 1. The SMILES string of the molecule is C=Cc1ccc(C(CCC)N2C=CC(OCCOC)=C/C2=C/C)nc1C(=C)OCC(C)(C)CN. The summed E-state index contributed by atoms with van der Waals surface area (Å²) < 4.78 is 16.9. The van der Waals surface area contributed by atoms with Crippen molar-refractivity contribution >= 4 is 11.8 Å². The monoisotopic (exact) mass is 467 g/mol. The number of rotatable bonds is 14. The second-order valence-corrected chi connectivity index (χ2v) is 9.09. The molecule has 2 rings (SSSR count). The van der Waals surface area contributed by atoms with Gasteiger partial charge in [-0.3, -0.25) is 0 Å². The molecule has 34 heavy (non-hydrogen) atoms. The number of aromatic nitrogens is 1. The molecular weight excluding hydrogens is 426 g/mol. The van der Waals surface area contributed by atoms with Gasteiger partial charge in [-0.05, 0) is 25.5 Å². The van der Waals surface area contributed by atoms with Gasteiger partial charge in [0.05, 0.1) is 24.9 Å². The predicted octanol–water partition coefficient (Wildman–Crippen LogP) is 5.82. The minimum absolute atomic E-state index is 0.0510. The van der Waals surface area contributed by atoms with Crippen LogP contribution in [0.25, 0.3) is 11.8 Å². The Kier molecular flexibility index (Phi) is 10.6. The number of pyridine rings is 1. The summed E-state index contributed by atoms with van der Waals surface area (Å²) in [7, 11) is 1.67. The Morgan fingerprint density at radius 1 is 1.29 bits per heavy atom. The fourth-order valence-corrected chi connectivity index (χ4v) is 3.53. The maximum atomic E-state index is 6.01. The normalized spacial score (nSPS) is 15.8. The van der Waals surface area contributed by atoms with Gasteiger partial charge in [0.15, 0.2) is 0 Å². The summed E-state index contributed by atoms with van der Waals surface area (Å²) in [4.78, 5) is 7.26. The summed E-state index contributed by atoms with van der Waals surface area (Å²) in [5.41, 5.74) is 9.33. The fraction of sp³-hybridized carbons (Fsp3) is 0.464. The number of allylic oxidation sites excluding steroid dienone is 3. The second-order valence-electron chi connectivity index (χ2n) is 9.09. The van der Waals surface area contributed by atoms with Crippen LogP contribution in [-0.2, 0) is 14.2 Å². The van der Waals surface area contributed by atoms with Crippen LogP contribution in [0.3, 0.4) is 0 Å². The van der Waals surface area contributed by atoms with Crippen molar-refractivity contribution in [2.45, 2.75) is 46.6 Å². The molecule has 1 unspecified atom stereocenters. The molecule has 0 radical (unpaired) electrons. The van der Waals surface area contributed by atoms with Crippen molar-refractivity contribution < 1.29 is 14.2 Å². The Bertz CT molecular complexity index is 931. The minimum Gasteiger partial charge on any atom is -0.491 e. The molecule has 1 aromatic rings. The van der Waals surface area contributed by atoms with Crippen LogP contribution in [0, 0.1) is 5.41 Å². The smallest absolute Gasteiger partial charge is 0.138 e. The maximum Gasteiger partial charge on any atom is 0.138 e. The van der Waals surface area contributed by atoms with Crippen molar-refractivity contribution in [3.05, 3.63) is 78.1 Å². The molecule has 0 spiro atoms. The molecule has 0 amide bonds. The van der Waals surface area contributed by atoms with Crippen LogP contribution in [-0.4, -0.2) is 43.4 Å². The lowest BCUT2D eigenvalue weighted by molar-refractivity contribution is 0.113. The van der Waals surface area contributed by atoms with Crippen LogP contribution in [0.15, 0.2) is 61.2 Å². The zero-order valence-electron chi connectivity index (χ0n) is 21.5. The topological polar surface area (TPSA) is 69.8 Å². The van der Waals surface area contributed by atoms with E-state index in [-0.39, 0.29) is 11.5 Å². The van der Waals surface area contributed by atoms with Gasteiger partial charge in [0.25, 0.3) is 0 Å². The van der Waals surface area contributed by atoms with Gasteiger partial charge in [0, 0.05) is 42.6 Å². The van der Waals surface area contributed by atoms with Crippen LogP contribution in [0.1, 0.15) is 63.5 Å². The Balaban J connectivity index is 2.33. The number of nitrogens with zero attached hydrogens (tertiary/aromatic N) is 2. The molecule has 6 nitrogen and oxygen atoms in total. The highest BCUT2D eigenvalue weighted by Gasteiger charge is 2.25. The van der Waals surface area contributed by atoms with Crippen LogP contribution in [0.2, 0.25) is 0 Å². The molecule has 0 fully saturated rings. The Morgan fingerprint density at radius 3 is 2.68 bits per heavy atom. The quantitative estimate of drug-likeness (QED) is 0.275. The Labute approximate surface area is 205 Å². The Morgan fingerprint density at radius 2 is 2.06 bits per heavy atom. The van der Waals surface area contributed by atoms with Gasteiger partial charge >= 0.3 is 0 Å². The molecule has 1 aliphatic heterocycles. The first-order valence-electron chi connectivity index (χ1n) is 11.9. The van der Waals surface area contributed by atoms with E-state index < -0.39 is 0 Å². The van der Waals surface area contributed by atoms with Crippen molar-refractivity contribution in [1.29, 1.82) is 0 Å². The lowest BCUT2D eigenvalue weighted by Crippen LogP contribution is -2.28. The third-order valence-electron chi connectivity index (χ3n) is 5.70. The molecule has 2 N–H and O–H groups in total. The van der Waals surface area contributed by atoms with Crippen LogP contribution >= 0.6 is 0 Å². The van der Waals surface area contributed by atoms with E-state index in [9.17, 15) is 0 Å². The van der Waals surface area contributed by atoms with E-state index in [2.05, 4.69) is 57.2 Å². The number of ether oxygens (including phenoxy) is 3. The second kappa shape index (κ2) is 13.2. The van der Waals surface area contributed by atoms with E-state index in [4.69, 9.17) is 24.9 Å². The summed E-state index contributed by atoms with van der Waals surface area (Å²) in [6.45, 7) is 18.5. The summed E-state index contributed by atoms with van der Waals surface area (Å²) in [6, 6.07) is 4.15. The van der Waals surface area contributed by atoms with Crippen LogP contribution < -0.4 is 5.73 Å². The summed E-state index contributed by atoms with van der Waals surface area (Å²) in [5, 5.41) is 0. The van der Waals surface area contributed by atoms with Crippen LogP contribution in [0.5, 0.6) is 0 Å². The minimum atomic E-state index is -0.144. The van der Waals surface area contributed by atoms with Gasteiger partial charge in [-0.15, -0.1) is 0 Å². The van der Waals surface area contributed by atoms with E-state index in [1.54, 1.807) is 13.2 Å². The molecule has 0 aliphatic carbocycles. The van der Waals surface area contributed by atoms with Crippen molar-refractivity contribution in [2.75, 3.05) is 33.5 Å². The molecule has 2 heterocycles. The van der Waals surface area contributed by atoms with E-state index in [1.807, 2.05) is 25.1 Å². The van der Waals surface area contributed by atoms with Crippen molar-refractivity contribution in [1.82, 2.24) is 9.88 Å². The highest BCUT2D eigenvalue weighted by atomic mass is 16.5. The first-order chi connectivity index (χ1) is 16.3. The molecule has 0 aromatic carbocycles. The van der Waals surface area contributed by atoms with Crippen molar-refractivity contribution in [2.24, 2.45) is 11.1 Å². The van der Waals surface area contributed by atoms with Gasteiger partial charge in [-0.2, -0.15) is 0 Å². The summed E-state index contributed by atoms with van der Waals surface area (Å²) >= 11 is 0. The summed E-state index contributed by atoms with van der Waals surface area (Å²) in [5.74, 6) is 1.35. The molecule has 0 saturated heterocycles. The molecule has 1 atom stereocenters. The van der Waals surface area contributed by atoms with Crippen molar-refractivity contribution in [3.63, 3.8) is 0 Å². The first kappa shape index (κ1) is 27.4. The molecule has 6 heteroatoms. The zero-order valence-corrected chi connectivity index (χ0v) is 21.5. The van der Waals surface area contributed by atoms with E-state index in [0.717, 1.165) is 35.6 Å². The molecule has 0 saturated carbocycles. The number of hydrogen-bond acceptors (Lipinski definition) is 6. The van der Waals surface area contributed by atoms with Gasteiger partial charge < -0.3 is 24.8 Å². The number of nitrogens with two attached hydrogens (primary N) is 1. The van der Waals surface area contributed by atoms with E-state index >= 15 is 0 Å². The third kappa shape index (κ3) is 7.34. The third-order valence-corrected chi connectivity index (χ3v) is 5.70. The van der Waals surface area contributed by atoms with Gasteiger partial charge in [0.1, 0.15) is 23.8 Å². The van der Waals surface area contributed by atoms with E-state index in [1.165, 1.54) is 0 Å². The van der Waals surface area contributed by atoms with Gasteiger partial charge in [-0.1, -0.05) is 58.6 Å².